The van der Waals surface area contributed by atoms with Crippen molar-refractivity contribution < 1.29 is 4.79 Å². The third-order valence-corrected chi connectivity index (χ3v) is 4.55. The standard InChI is InChI=1S/C12H24N2OS/c1-8(2)7-11(13)12(15)14-5-6-16-10(4)9(14)3/h8-11H,5-7,13H2,1-4H3/t9?,10?,11-/m0/s1. The highest BCUT2D eigenvalue weighted by molar-refractivity contribution is 8.00. The fraction of sp³-hybridized carbons (Fsp3) is 0.917. The van der Waals surface area contributed by atoms with Gasteiger partial charge in [-0.2, -0.15) is 11.8 Å². The Bertz CT molecular complexity index is 245. The Labute approximate surface area is 103 Å². The maximum absolute atomic E-state index is 12.2. The van der Waals surface area contributed by atoms with E-state index in [2.05, 4.69) is 27.7 Å². The molecule has 2 unspecified atom stereocenters. The molecule has 1 rings (SSSR count). The summed E-state index contributed by atoms with van der Waals surface area (Å²) in [4.78, 5) is 14.1. The van der Waals surface area contributed by atoms with Crippen LogP contribution in [0.25, 0.3) is 0 Å². The van der Waals surface area contributed by atoms with Gasteiger partial charge in [-0.05, 0) is 19.3 Å². The van der Waals surface area contributed by atoms with Crippen molar-refractivity contribution in [2.75, 3.05) is 12.3 Å². The van der Waals surface area contributed by atoms with Gasteiger partial charge in [0.2, 0.25) is 5.91 Å². The van der Waals surface area contributed by atoms with Gasteiger partial charge >= 0.3 is 0 Å². The zero-order valence-corrected chi connectivity index (χ0v) is 11.6. The van der Waals surface area contributed by atoms with E-state index in [0.29, 0.717) is 17.2 Å². The first kappa shape index (κ1) is 13.8. The number of nitrogens with zero attached hydrogens (tertiary/aromatic N) is 1. The molecule has 0 aromatic rings. The molecular formula is C12H24N2OS. The van der Waals surface area contributed by atoms with Crippen LogP contribution in [0.5, 0.6) is 0 Å². The highest BCUT2D eigenvalue weighted by Crippen LogP contribution is 2.25. The topological polar surface area (TPSA) is 46.3 Å². The van der Waals surface area contributed by atoms with Gasteiger partial charge in [0.15, 0.2) is 0 Å². The summed E-state index contributed by atoms with van der Waals surface area (Å²) >= 11 is 1.94. The highest BCUT2D eigenvalue weighted by Gasteiger charge is 2.31. The lowest BCUT2D eigenvalue weighted by Gasteiger charge is -2.39. The number of rotatable bonds is 3. The molecule has 0 aliphatic carbocycles. The Balaban J connectivity index is 2.58. The van der Waals surface area contributed by atoms with E-state index in [4.69, 9.17) is 5.73 Å². The van der Waals surface area contributed by atoms with Crippen LogP contribution in [0, 0.1) is 5.92 Å². The smallest absolute Gasteiger partial charge is 0.239 e. The molecule has 0 bridgehead atoms. The SMILES string of the molecule is CC(C)C[C@H](N)C(=O)N1CCSC(C)C1C. The minimum atomic E-state index is -0.322. The van der Waals surface area contributed by atoms with Crippen LogP contribution in [0.4, 0.5) is 0 Å². The second-order valence-corrected chi connectivity index (χ2v) is 6.57. The summed E-state index contributed by atoms with van der Waals surface area (Å²) in [5, 5.41) is 0.518. The van der Waals surface area contributed by atoms with Crippen molar-refractivity contribution >= 4 is 17.7 Å². The maximum atomic E-state index is 12.2. The van der Waals surface area contributed by atoms with Crippen molar-refractivity contribution in [1.82, 2.24) is 4.90 Å². The number of thioether (sulfide) groups is 1. The number of hydrogen-bond acceptors (Lipinski definition) is 3. The largest absolute Gasteiger partial charge is 0.337 e. The summed E-state index contributed by atoms with van der Waals surface area (Å²) < 4.78 is 0. The third-order valence-electron chi connectivity index (χ3n) is 3.21. The molecule has 0 aromatic heterocycles. The molecule has 1 aliphatic heterocycles. The van der Waals surface area contributed by atoms with E-state index in [1.165, 1.54) is 0 Å². The van der Waals surface area contributed by atoms with Crippen molar-refractivity contribution in [3.8, 4) is 0 Å². The lowest BCUT2D eigenvalue weighted by molar-refractivity contribution is -0.134. The first-order valence-electron chi connectivity index (χ1n) is 6.11. The quantitative estimate of drug-likeness (QED) is 0.822. The van der Waals surface area contributed by atoms with Gasteiger partial charge in [-0.3, -0.25) is 4.79 Å². The van der Waals surface area contributed by atoms with Crippen LogP contribution in [-0.2, 0) is 4.79 Å². The Morgan fingerprint density at radius 1 is 1.50 bits per heavy atom. The number of carbonyl (C=O) groups excluding carboxylic acids is 1. The summed E-state index contributed by atoms with van der Waals surface area (Å²) in [7, 11) is 0. The fourth-order valence-electron chi connectivity index (χ4n) is 2.07. The van der Waals surface area contributed by atoms with Gasteiger partial charge in [0, 0.05) is 23.6 Å². The van der Waals surface area contributed by atoms with E-state index < -0.39 is 0 Å². The molecule has 1 aliphatic rings. The Hall–Kier alpha value is -0.220. The van der Waals surface area contributed by atoms with Crippen LogP contribution >= 0.6 is 11.8 Å². The minimum Gasteiger partial charge on any atom is -0.337 e. The first-order valence-corrected chi connectivity index (χ1v) is 7.16. The lowest BCUT2D eigenvalue weighted by atomic mass is 10.0. The lowest BCUT2D eigenvalue weighted by Crippen LogP contribution is -2.53. The molecule has 0 spiro atoms. The van der Waals surface area contributed by atoms with Gasteiger partial charge in [-0.15, -0.1) is 0 Å². The molecule has 0 radical (unpaired) electrons. The second-order valence-electron chi connectivity index (χ2n) is 5.08. The van der Waals surface area contributed by atoms with Crippen LogP contribution < -0.4 is 5.73 Å². The number of carbonyl (C=O) groups is 1. The van der Waals surface area contributed by atoms with Gasteiger partial charge in [0.1, 0.15) is 0 Å². The van der Waals surface area contributed by atoms with Crippen molar-refractivity contribution in [2.45, 2.75) is 51.4 Å². The predicted octanol–water partition coefficient (Wildman–Crippen LogP) is 1.71. The van der Waals surface area contributed by atoms with Gasteiger partial charge in [-0.1, -0.05) is 20.8 Å². The molecule has 3 nitrogen and oxygen atoms in total. The maximum Gasteiger partial charge on any atom is 0.239 e. The molecule has 4 heteroatoms. The van der Waals surface area contributed by atoms with Gasteiger partial charge in [-0.25, -0.2) is 0 Å². The second kappa shape index (κ2) is 5.92. The van der Waals surface area contributed by atoms with E-state index in [-0.39, 0.29) is 11.9 Å². The van der Waals surface area contributed by atoms with Crippen molar-refractivity contribution in [3.05, 3.63) is 0 Å². The zero-order valence-electron chi connectivity index (χ0n) is 10.8. The van der Waals surface area contributed by atoms with Crippen molar-refractivity contribution in [2.24, 2.45) is 11.7 Å². The van der Waals surface area contributed by atoms with Crippen LogP contribution in [-0.4, -0.2) is 40.4 Å². The molecule has 0 aromatic carbocycles. The molecule has 1 saturated heterocycles. The molecular weight excluding hydrogens is 220 g/mol. The van der Waals surface area contributed by atoms with Gasteiger partial charge < -0.3 is 10.6 Å². The molecule has 94 valence electrons. The molecule has 2 N–H and O–H groups in total. The molecule has 1 amide bonds. The molecule has 0 saturated carbocycles. The Morgan fingerprint density at radius 2 is 2.12 bits per heavy atom. The highest BCUT2D eigenvalue weighted by atomic mass is 32.2. The summed E-state index contributed by atoms with van der Waals surface area (Å²) in [6.07, 6.45) is 0.781. The summed E-state index contributed by atoms with van der Waals surface area (Å²) in [5.74, 6) is 1.64. The van der Waals surface area contributed by atoms with E-state index in [0.717, 1.165) is 18.7 Å². The number of amides is 1. The van der Waals surface area contributed by atoms with Crippen LogP contribution in [0.3, 0.4) is 0 Å². The molecule has 1 heterocycles. The summed E-state index contributed by atoms with van der Waals surface area (Å²) in [5.41, 5.74) is 5.96. The van der Waals surface area contributed by atoms with E-state index in [1.54, 1.807) is 0 Å². The first-order chi connectivity index (χ1) is 7.43. The summed E-state index contributed by atoms with van der Waals surface area (Å²) in [6.45, 7) is 9.36. The third kappa shape index (κ3) is 3.39. The zero-order chi connectivity index (χ0) is 12.3. The van der Waals surface area contributed by atoms with E-state index in [1.807, 2.05) is 16.7 Å². The van der Waals surface area contributed by atoms with Gasteiger partial charge in [0.05, 0.1) is 6.04 Å². The van der Waals surface area contributed by atoms with Gasteiger partial charge in [0.25, 0.3) is 0 Å². The molecule has 1 fully saturated rings. The number of hydrogen-bond donors (Lipinski definition) is 1. The van der Waals surface area contributed by atoms with Crippen LogP contribution in [0.15, 0.2) is 0 Å². The Morgan fingerprint density at radius 3 is 2.69 bits per heavy atom. The summed E-state index contributed by atoms with van der Waals surface area (Å²) in [6, 6.07) is -0.0118. The molecule has 3 atom stereocenters. The minimum absolute atomic E-state index is 0.133. The van der Waals surface area contributed by atoms with Crippen molar-refractivity contribution in [1.29, 1.82) is 0 Å². The number of nitrogens with two attached hydrogens (primary N) is 1. The fourth-order valence-corrected chi connectivity index (χ4v) is 3.17. The van der Waals surface area contributed by atoms with E-state index >= 15 is 0 Å². The normalized spacial score (nSPS) is 28.2. The average molecular weight is 244 g/mol. The van der Waals surface area contributed by atoms with Crippen LogP contribution in [0.1, 0.15) is 34.1 Å². The Kier molecular flexibility index (Phi) is 5.12. The average Bonchev–Trinajstić information content (AvgIpc) is 2.20. The predicted molar refractivity (Wildman–Crippen MR) is 70.5 cm³/mol. The monoisotopic (exact) mass is 244 g/mol. The van der Waals surface area contributed by atoms with Crippen LogP contribution in [0.2, 0.25) is 0 Å². The molecule has 16 heavy (non-hydrogen) atoms. The van der Waals surface area contributed by atoms with Crippen molar-refractivity contribution in [3.63, 3.8) is 0 Å². The van der Waals surface area contributed by atoms with E-state index in [9.17, 15) is 4.79 Å².